The van der Waals surface area contributed by atoms with Gasteiger partial charge >= 0.3 is 5.97 Å². The molecule has 18 heavy (non-hydrogen) atoms. The summed E-state index contributed by atoms with van der Waals surface area (Å²) in [5, 5.41) is 0. The summed E-state index contributed by atoms with van der Waals surface area (Å²) in [6, 6.07) is 0. The highest BCUT2D eigenvalue weighted by molar-refractivity contribution is 5.71. The molecule has 108 valence electrons. The van der Waals surface area contributed by atoms with Crippen molar-refractivity contribution in [2.75, 3.05) is 7.11 Å². The molecule has 0 aliphatic heterocycles. The third kappa shape index (κ3) is 9.49. The number of methoxy groups -OCH3 is 1. The molecule has 0 unspecified atom stereocenters. The standard InChI is InChI=1S/C16H32O2/c1-5-11-14(2)12-9-7-6-8-10-13-15(3)16(17)18-4/h14-15H,5-13H2,1-4H3/t14-,15+/m0/s1. The van der Waals surface area contributed by atoms with E-state index < -0.39 is 0 Å². The van der Waals surface area contributed by atoms with E-state index in [0.29, 0.717) is 0 Å². The van der Waals surface area contributed by atoms with Crippen molar-refractivity contribution in [3.05, 3.63) is 0 Å². The van der Waals surface area contributed by atoms with Crippen LogP contribution < -0.4 is 0 Å². The summed E-state index contributed by atoms with van der Waals surface area (Å²) in [6.07, 6.45) is 11.5. The Bertz CT molecular complexity index is 201. The van der Waals surface area contributed by atoms with Gasteiger partial charge in [-0.3, -0.25) is 4.79 Å². The lowest BCUT2D eigenvalue weighted by atomic mass is 9.97. The molecular weight excluding hydrogens is 224 g/mol. The Balaban J connectivity index is 3.28. The summed E-state index contributed by atoms with van der Waals surface area (Å²) in [5.74, 6) is 0.900. The fourth-order valence-electron chi connectivity index (χ4n) is 2.43. The predicted molar refractivity (Wildman–Crippen MR) is 77.6 cm³/mol. The van der Waals surface area contributed by atoms with E-state index in [2.05, 4.69) is 13.8 Å². The molecular formula is C16H32O2. The van der Waals surface area contributed by atoms with Crippen LogP contribution in [-0.4, -0.2) is 13.1 Å². The summed E-state index contributed by atoms with van der Waals surface area (Å²) in [5.41, 5.74) is 0. The summed E-state index contributed by atoms with van der Waals surface area (Å²) in [6.45, 7) is 6.58. The maximum Gasteiger partial charge on any atom is 0.308 e. The predicted octanol–water partition coefficient (Wildman–Crippen LogP) is 4.96. The highest BCUT2D eigenvalue weighted by Crippen LogP contribution is 2.17. The molecule has 0 aromatic heterocycles. The van der Waals surface area contributed by atoms with Crippen molar-refractivity contribution in [1.29, 1.82) is 0 Å². The highest BCUT2D eigenvalue weighted by Gasteiger charge is 2.11. The second-order valence-corrected chi connectivity index (χ2v) is 5.66. The first kappa shape index (κ1) is 17.5. The maximum atomic E-state index is 11.2. The van der Waals surface area contributed by atoms with Crippen molar-refractivity contribution in [2.24, 2.45) is 11.8 Å². The van der Waals surface area contributed by atoms with E-state index in [4.69, 9.17) is 4.74 Å². The zero-order valence-corrected chi connectivity index (χ0v) is 12.8. The molecule has 0 spiro atoms. The number of esters is 1. The zero-order valence-electron chi connectivity index (χ0n) is 12.8. The van der Waals surface area contributed by atoms with E-state index in [1.165, 1.54) is 52.1 Å². The van der Waals surface area contributed by atoms with Crippen molar-refractivity contribution in [2.45, 2.75) is 78.6 Å². The van der Waals surface area contributed by atoms with Crippen LogP contribution in [0.5, 0.6) is 0 Å². The molecule has 0 aliphatic rings. The molecule has 0 aromatic rings. The first-order valence-corrected chi connectivity index (χ1v) is 7.69. The van der Waals surface area contributed by atoms with Crippen LogP contribution in [0.3, 0.4) is 0 Å². The maximum absolute atomic E-state index is 11.2. The highest BCUT2D eigenvalue weighted by atomic mass is 16.5. The van der Waals surface area contributed by atoms with Crippen molar-refractivity contribution in [1.82, 2.24) is 0 Å². The summed E-state index contributed by atoms with van der Waals surface area (Å²) in [4.78, 5) is 11.2. The van der Waals surface area contributed by atoms with E-state index in [1.54, 1.807) is 0 Å². The molecule has 0 N–H and O–H groups in total. The van der Waals surface area contributed by atoms with Crippen LogP contribution in [0.2, 0.25) is 0 Å². The number of rotatable bonds is 11. The number of ether oxygens (including phenoxy) is 1. The smallest absolute Gasteiger partial charge is 0.308 e. The number of carbonyl (C=O) groups excluding carboxylic acids is 1. The molecule has 0 fully saturated rings. The van der Waals surface area contributed by atoms with Gasteiger partial charge in [-0.2, -0.15) is 0 Å². The second-order valence-electron chi connectivity index (χ2n) is 5.66. The molecule has 2 atom stereocenters. The molecule has 2 heteroatoms. The van der Waals surface area contributed by atoms with Gasteiger partial charge in [0, 0.05) is 0 Å². The van der Waals surface area contributed by atoms with Crippen LogP contribution >= 0.6 is 0 Å². The topological polar surface area (TPSA) is 26.3 Å². The number of hydrogen-bond acceptors (Lipinski definition) is 2. The van der Waals surface area contributed by atoms with Gasteiger partial charge in [0.15, 0.2) is 0 Å². The Hall–Kier alpha value is -0.530. The minimum absolute atomic E-state index is 0.0663. The van der Waals surface area contributed by atoms with Crippen LogP contribution in [0.25, 0.3) is 0 Å². The molecule has 0 heterocycles. The Morgan fingerprint density at radius 1 is 0.944 bits per heavy atom. The summed E-state index contributed by atoms with van der Waals surface area (Å²) >= 11 is 0. The average Bonchev–Trinajstić information content (AvgIpc) is 2.36. The normalized spacial score (nSPS) is 14.2. The molecule has 0 bridgehead atoms. The molecule has 0 rings (SSSR count). The number of hydrogen-bond donors (Lipinski definition) is 0. The Morgan fingerprint density at radius 2 is 1.50 bits per heavy atom. The molecule has 0 saturated heterocycles. The van der Waals surface area contributed by atoms with Gasteiger partial charge in [0.05, 0.1) is 13.0 Å². The van der Waals surface area contributed by atoms with Gasteiger partial charge < -0.3 is 4.74 Å². The Kier molecular flexibility index (Phi) is 11.2. The van der Waals surface area contributed by atoms with Crippen molar-refractivity contribution in [3.63, 3.8) is 0 Å². The van der Waals surface area contributed by atoms with Crippen molar-refractivity contribution >= 4 is 5.97 Å². The number of carbonyl (C=O) groups is 1. The van der Waals surface area contributed by atoms with Crippen LogP contribution in [-0.2, 0) is 9.53 Å². The SMILES string of the molecule is CCC[C@H](C)CCCCCCC[C@@H](C)C(=O)OC. The van der Waals surface area contributed by atoms with Crippen LogP contribution in [0.1, 0.15) is 78.6 Å². The minimum Gasteiger partial charge on any atom is -0.469 e. The van der Waals surface area contributed by atoms with E-state index in [9.17, 15) is 4.79 Å². The van der Waals surface area contributed by atoms with Gasteiger partial charge in [0.1, 0.15) is 0 Å². The Morgan fingerprint density at radius 3 is 2.06 bits per heavy atom. The largest absolute Gasteiger partial charge is 0.469 e. The minimum atomic E-state index is -0.0663. The average molecular weight is 256 g/mol. The summed E-state index contributed by atoms with van der Waals surface area (Å²) < 4.78 is 4.72. The van der Waals surface area contributed by atoms with E-state index in [0.717, 1.165) is 18.8 Å². The lowest BCUT2D eigenvalue weighted by molar-refractivity contribution is -0.145. The van der Waals surface area contributed by atoms with Crippen molar-refractivity contribution in [3.8, 4) is 0 Å². The lowest BCUT2D eigenvalue weighted by Crippen LogP contribution is -2.12. The number of unbranched alkanes of at least 4 members (excludes halogenated alkanes) is 4. The first-order valence-electron chi connectivity index (χ1n) is 7.69. The van der Waals surface area contributed by atoms with Gasteiger partial charge in [0.25, 0.3) is 0 Å². The second kappa shape index (κ2) is 11.6. The van der Waals surface area contributed by atoms with Gasteiger partial charge in [-0.25, -0.2) is 0 Å². The molecule has 0 amide bonds. The van der Waals surface area contributed by atoms with E-state index >= 15 is 0 Å². The lowest BCUT2D eigenvalue weighted by Gasteiger charge is -2.10. The van der Waals surface area contributed by atoms with E-state index in [-0.39, 0.29) is 11.9 Å². The van der Waals surface area contributed by atoms with E-state index in [1.807, 2.05) is 6.92 Å². The molecule has 0 aliphatic carbocycles. The quantitative estimate of drug-likeness (QED) is 0.385. The van der Waals surface area contributed by atoms with Gasteiger partial charge in [0.2, 0.25) is 0 Å². The first-order chi connectivity index (χ1) is 8.61. The van der Waals surface area contributed by atoms with Crippen LogP contribution in [0.15, 0.2) is 0 Å². The van der Waals surface area contributed by atoms with Gasteiger partial charge in [-0.05, 0) is 12.3 Å². The fourth-order valence-corrected chi connectivity index (χ4v) is 2.43. The molecule has 2 nitrogen and oxygen atoms in total. The molecule has 0 radical (unpaired) electrons. The zero-order chi connectivity index (χ0) is 13.8. The molecule has 0 saturated carbocycles. The third-order valence-electron chi connectivity index (χ3n) is 3.72. The van der Waals surface area contributed by atoms with Crippen molar-refractivity contribution < 1.29 is 9.53 Å². The molecule has 0 aromatic carbocycles. The van der Waals surface area contributed by atoms with Crippen LogP contribution in [0, 0.1) is 11.8 Å². The van der Waals surface area contributed by atoms with Gasteiger partial charge in [-0.1, -0.05) is 72.1 Å². The van der Waals surface area contributed by atoms with Gasteiger partial charge in [-0.15, -0.1) is 0 Å². The fraction of sp³-hybridized carbons (Fsp3) is 0.938. The monoisotopic (exact) mass is 256 g/mol. The van der Waals surface area contributed by atoms with Crippen LogP contribution in [0.4, 0.5) is 0 Å². The summed E-state index contributed by atoms with van der Waals surface area (Å²) in [7, 11) is 1.47. The Labute approximate surface area is 113 Å². The third-order valence-corrected chi connectivity index (χ3v) is 3.72.